The van der Waals surface area contributed by atoms with Crippen molar-refractivity contribution in [2.75, 3.05) is 20.7 Å². The lowest BCUT2D eigenvalue weighted by atomic mass is 9.94. The first-order chi connectivity index (χ1) is 13.7. The van der Waals surface area contributed by atoms with Crippen LogP contribution in [-0.2, 0) is 19.5 Å². The van der Waals surface area contributed by atoms with E-state index in [0.29, 0.717) is 29.6 Å². The van der Waals surface area contributed by atoms with E-state index in [4.69, 9.17) is 4.74 Å². The monoisotopic (exact) mass is 380 g/mol. The molecule has 0 saturated carbocycles. The number of benzene rings is 2. The normalized spacial score (nSPS) is 16.8. The lowest BCUT2D eigenvalue weighted by Crippen LogP contribution is -2.44. The van der Waals surface area contributed by atoms with E-state index in [1.807, 2.05) is 0 Å². The van der Waals surface area contributed by atoms with E-state index in [2.05, 4.69) is 51.7 Å². The van der Waals surface area contributed by atoms with Crippen LogP contribution in [0.25, 0.3) is 11.3 Å². The maximum Gasteiger partial charge on any atom is 0.136 e. The van der Waals surface area contributed by atoms with Crippen LogP contribution in [0.3, 0.4) is 0 Å². The van der Waals surface area contributed by atoms with Gasteiger partial charge in [0.2, 0.25) is 0 Å². The molecule has 4 rings (SSSR count). The van der Waals surface area contributed by atoms with Crippen LogP contribution >= 0.6 is 0 Å². The molecule has 2 heterocycles. The number of H-pyrrole nitrogens is 1. The summed E-state index contributed by atoms with van der Waals surface area (Å²) in [5, 5.41) is 10.6. The number of hydrogen-bond donors (Lipinski definition) is 2. The fourth-order valence-corrected chi connectivity index (χ4v) is 3.82. The third-order valence-electron chi connectivity index (χ3n) is 5.48. The van der Waals surface area contributed by atoms with Gasteiger partial charge in [0.15, 0.2) is 0 Å². The number of nitrogens with one attached hydrogen (secondary N) is 2. The van der Waals surface area contributed by atoms with Crippen molar-refractivity contribution in [2.45, 2.75) is 25.6 Å². The van der Waals surface area contributed by atoms with Gasteiger partial charge in [-0.2, -0.15) is 5.10 Å². The topological polar surface area (TPSA) is 53.2 Å². The van der Waals surface area contributed by atoms with E-state index in [9.17, 15) is 4.39 Å². The van der Waals surface area contributed by atoms with Crippen LogP contribution in [0.2, 0.25) is 0 Å². The van der Waals surface area contributed by atoms with Gasteiger partial charge in [0.1, 0.15) is 11.6 Å². The number of nitrogens with zero attached hydrogens (tertiary/aromatic N) is 2. The average Bonchev–Trinajstić information content (AvgIpc) is 3.16. The lowest BCUT2D eigenvalue weighted by Gasteiger charge is -2.34. The molecule has 0 bridgehead atoms. The first-order valence-electron chi connectivity index (χ1n) is 9.49. The molecule has 0 fully saturated rings. The maximum absolute atomic E-state index is 14.4. The molecule has 146 valence electrons. The summed E-state index contributed by atoms with van der Waals surface area (Å²) in [4.78, 5) is 2.38. The fourth-order valence-electron chi connectivity index (χ4n) is 3.82. The molecular weight excluding hydrogens is 355 g/mol. The van der Waals surface area contributed by atoms with Crippen molar-refractivity contribution in [1.29, 1.82) is 0 Å². The second-order valence-electron chi connectivity index (χ2n) is 7.29. The zero-order chi connectivity index (χ0) is 19.5. The molecule has 1 aromatic heterocycles. The summed E-state index contributed by atoms with van der Waals surface area (Å²) in [6.45, 7) is 2.46. The van der Waals surface area contributed by atoms with Crippen LogP contribution in [0.4, 0.5) is 4.39 Å². The van der Waals surface area contributed by atoms with Crippen molar-refractivity contribution < 1.29 is 9.13 Å². The van der Waals surface area contributed by atoms with Crippen molar-refractivity contribution in [1.82, 2.24) is 20.4 Å². The van der Waals surface area contributed by atoms with Crippen LogP contribution in [0.1, 0.15) is 16.7 Å². The highest BCUT2D eigenvalue weighted by atomic mass is 19.1. The number of ether oxygens (including phenoxy) is 1. The third-order valence-corrected chi connectivity index (χ3v) is 5.48. The molecule has 0 radical (unpaired) electrons. The van der Waals surface area contributed by atoms with Gasteiger partial charge < -0.3 is 10.1 Å². The first kappa shape index (κ1) is 18.7. The highest BCUT2D eigenvalue weighted by molar-refractivity contribution is 5.64. The number of fused-ring (bicyclic) bond motifs is 1. The van der Waals surface area contributed by atoms with Gasteiger partial charge in [-0.3, -0.25) is 10.00 Å². The number of aromatic amines is 1. The van der Waals surface area contributed by atoms with E-state index < -0.39 is 0 Å². The Hall–Kier alpha value is -2.70. The molecule has 1 aliphatic heterocycles. The summed E-state index contributed by atoms with van der Waals surface area (Å²) >= 11 is 0. The molecule has 6 heteroatoms. The number of likely N-dealkylation sites (N-methyl/N-ethyl adjacent to an activating group) is 1. The van der Waals surface area contributed by atoms with Gasteiger partial charge in [-0.1, -0.05) is 24.3 Å². The zero-order valence-corrected chi connectivity index (χ0v) is 16.2. The highest BCUT2D eigenvalue weighted by Crippen LogP contribution is 2.27. The Balaban J connectivity index is 1.41. The molecule has 0 saturated heterocycles. The minimum atomic E-state index is -0.325. The van der Waals surface area contributed by atoms with Crippen LogP contribution < -0.4 is 10.1 Å². The lowest BCUT2D eigenvalue weighted by molar-refractivity contribution is 0.209. The van der Waals surface area contributed by atoms with Crippen molar-refractivity contribution in [3.05, 3.63) is 71.2 Å². The molecule has 0 spiro atoms. The quantitative estimate of drug-likeness (QED) is 0.689. The fraction of sp³-hybridized carbons (Fsp3) is 0.318. The van der Waals surface area contributed by atoms with E-state index in [1.54, 1.807) is 18.3 Å². The summed E-state index contributed by atoms with van der Waals surface area (Å²) in [6, 6.07) is 13.9. The van der Waals surface area contributed by atoms with Gasteiger partial charge in [-0.25, -0.2) is 4.39 Å². The molecule has 1 atom stereocenters. The number of hydrogen-bond acceptors (Lipinski definition) is 4. The van der Waals surface area contributed by atoms with Crippen molar-refractivity contribution in [2.24, 2.45) is 0 Å². The Labute approximate surface area is 164 Å². The Bertz CT molecular complexity index is 955. The summed E-state index contributed by atoms with van der Waals surface area (Å²) in [5.41, 5.74) is 4.99. The van der Waals surface area contributed by atoms with Crippen molar-refractivity contribution in [3.63, 3.8) is 0 Å². The van der Waals surface area contributed by atoms with Gasteiger partial charge >= 0.3 is 0 Å². The van der Waals surface area contributed by atoms with E-state index >= 15 is 0 Å². The van der Waals surface area contributed by atoms with Crippen LogP contribution in [0.15, 0.2) is 48.7 Å². The van der Waals surface area contributed by atoms with Gasteiger partial charge in [-0.15, -0.1) is 0 Å². The summed E-state index contributed by atoms with van der Waals surface area (Å²) < 4.78 is 19.5. The summed E-state index contributed by atoms with van der Waals surface area (Å²) in [6.07, 6.45) is 2.79. The smallest absolute Gasteiger partial charge is 0.136 e. The standard InChI is InChI=1S/C22H25FN4O/c1-27-14-16-6-4-3-5-15(16)9-18(27)13-24-11-17-12-25-26-22(17)20-8-7-19(28-2)10-21(20)23/h3-8,10,12,18,24H,9,11,13-14H2,1-2H3,(H,25,26). The molecule has 1 aliphatic rings. The number of halogens is 1. The minimum absolute atomic E-state index is 0.325. The summed E-state index contributed by atoms with van der Waals surface area (Å²) in [5.74, 6) is 0.175. The molecule has 5 nitrogen and oxygen atoms in total. The van der Waals surface area contributed by atoms with Gasteiger partial charge in [0.25, 0.3) is 0 Å². The first-order valence-corrected chi connectivity index (χ1v) is 9.49. The number of rotatable bonds is 6. The Kier molecular flexibility index (Phi) is 5.41. The maximum atomic E-state index is 14.4. The van der Waals surface area contributed by atoms with E-state index in [1.165, 1.54) is 24.3 Å². The van der Waals surface area contributed by atoms with Gasteiger partial charge in [0.05, 0.1) is 19.0 Å². The molecule has 0 amide bonds. The molecule has 3 aromatic rings. The Morgan fingerprint density at radius 2 is 2.07 bits per heavy atom. The number of methoxy groups -OCH3 is 1. The second-order valence-corrected chi connectivity index (χ2v) is 7.29. The molecule has 28 heavy (non-hydrogen) atoms. The largest absolute Gasteiger partial charge is 0.497 e. The molecule has 2 aromatic carbocycles. The predicted octanol–water partition coefficient (Wildman–Crippen LogP) is 3.37. The van der Waals surface area contributed by atoms with Gasteiger partial charge in [0, 0.05) is 42.9 Å². The summed E-state index contributed by atoms with van der Waals surface area (Å²) in [7, 11) is 3.69. The van der Waals surface area contributed by atoms with E-state index in [-0.39, 0.29) is 5.82 Å². The van der Waals surface area contributed by atoms with Crippen LogP contribution in [0.5, 0.6) is 5.75 Å². The highest BCUT2D eigenvalue weighted by Gasteiger charge is 2.22. The second kappa shape index (κ2) is 8.12. The van der Waals surface area contributed by atoms with Crippen molar-refractivity contribution in [3.8, 4) is 17.0 Å². The molecule has 2 N–H and O–H groups in total. The van der Waals surface area contributed by atoms with Crippen molar-refractivity contribution >= 4 is 0 Å². The number of aromatic nitrogens is 2. The SMILES string of the molecule is COc1ccc(-c2[nH]ncc2CNCC2Cc3ccccc3CN2C)c(F)c1. The molecule has 1 unspecified atom stereocenters. The minimum Gasteiger partial charge on any atom is -0.497 e. The van der Waals surface area contributed by atoms with Crippen LogP contribution in [0, 0.1) is 5.82 Å². The molecular formula is C22H25FN4O. The predicted molar refractivity (Wildman–Crippen MR) is 108 cm³/mol. The molecule has 0 aliphatic carbocycles. The van der Waals surface area contributed by atoms with Crippen LogP contribution in [-0.4, -0.2) is 41.8 Å². The Morgan fingerprint density at radius 1 is 1.25 bits per heavy atom. The Morgan fingerprint density at radius 3 is 2.86 bits per heavy atom. The van der Waals surface area contributed by atoms with Gasteiger partial charge in [-0.05, 0) is 36.7 Å². The average molecular weight is 380 g/mol. The zero-order valence-electron chi connectivity index (χ0n) is 16.2. The third kappa shape index (κ3) is 3.79. The van der Waals surface area contributed by atoms with E-state index in [0.717, 1.165) is 25.1 Å².